The fraction of sp³-hybridized carbons (Fsp3) is 0.548. The Bertz CT molecular complexity index is 2150. The van der Waals surface area contributed by atoms with Crippen LogP contribution in [0.1, 0.15) is 77.0 Å². The summed E-state index contributed by atoms with van der Waals surface area (Å²) in [5.41, 5.74) is 1.14. The Morgan fingerprint density at radius 1 is 1.00 bits per heavy atom. The Hall–Kier alpha value is -4.06. The van der Waals surface area contributed by atoms with Gasteiger partial charge in [0, 0.05) is 89.4 Å². The molecule has 3 aromatic heterocycles. The van der Waals surface area contributed by atoms with Crippen molar-refractivity contribution in [2.45, 2.75) is 101 Å². The number of aromatic nitrogens is 4. The van der Waals surface area contributed by atoms with Crippen molar-refractivity contribution in [1.82, 2.24) is 30.6 Å². The zero-order valence-corrected chi connectivity index (χ0v) is 35.5. The van der Waals surface area contributed by atoms with Gasteiger partial charge >= 0.3 is 7.12 Å². The van der Waals surface area contributed by atoms with E-state index in [1.165, 1.54) is 11.8 Å². The second-order valence-corrected chi connectivity index (χ2v) is 18.0. The third-order valence-corrected chi connectivity index (χ3v) is 13.6. The quantitative estimate of drug-likeness (QED) is 0.212. The fourth-order valence-corrected chi connectivity index (χ4v) is 9.19. The van der Waals surface area contributed by atoms with Crippen molar-refractivity contribution in [1.29, 1.82) is 0 Å². The first-order valence-corrected chi connectivity index (χ1v) is 21.4. The Balaban J connectivity index is 1.23. The van der Waals surface area contributed by atoms with Gasteiger partial charge in [-0.15, -0.1) is 11.8 Å². The van der Waals surface area contributed by atoms with E-state index in [2.05, 4.69) is 20.5 Å². The summed E-state index contributed by atoms with van der Waals surface area (Å²) in [5, 5.41) is 6.55. The van der Waals surface area contributed by atoms with Gasteiger partial charge in [-0.05, 0) is 98.0 Å². The maximum Gasteiger partial charge on any atom is 0.498 e. The lowest BCUT2D eigenvalue weighted by Crippen LogP contribution is -2.50. The lowest BCUT2D eigenvalue weighted by Gasteiger charge is -2.39. The molecule has 7 heterocycles. The smallest absolute Gasteiger partial charge is 0.463 e. The number of pyridine rings is 2. The van der Waals surface area contributed by atoms with Gasteiger partial charge in [0.1, 0.15) is 23.5 Å². The minimum atomic E-state index is -1.24. The molecular weight excluding hydrogens is 757 g/mol. The largest absolute Gasteiger partial charge is 0.498 e. The summed E-state index contributed by atoms with van der Waals surface area (Å²) in [4.78, 5) is 48.7. The standard InChI is InChI=1S/C42H54BN7O7S/c1-25-19-32(58-8)30(36(51)49-25)24-46-37(52)31-20-29(26-9-10-33(45-21-26)50-15-17-53-18-16-50)34-35(55-42(7,54-34)27-11-13-44-14-12-27)41(31,6)38-47-22-28(23-48-38)43-56-39(2,3)40(4,5)57-43/h9-10,19-23,27,35,44H,11-18,24H2,1-8H3,(H,46,52)(H,49,51). The number of carbonyl (C=O) groups excluding carboxylic acids is 1. The van der Waals surface area contributed by atoms with Gasteiger partial charge in [-0.2, -0.15) is 0 Å². The van der Waals surface area contributed by atoms with Crippen LogP contribution in [0.2, 0.25) is 0 Å². The number of aromatic amines is 1. The highest BCUT2D eigenvalue weighted by Crippen LogP contribution is 2.54. The van der Waals surface area contributed by atoms with Gasteiger partial charge < -0.3 is 44.0 Å². The number of piperidine rings is 1. The molecule has 3 N–H and O–H groups in total. The molecule has 8 rings (SSSR count). The highest BCUT2D eigenvalue weighted by molar-refractivity contribution is 7.98. The fourth-order valence-electron chi connectivity index (χ4n) is 8.49. The van der Waals surface area contributed by atoms with E-state index in [4.69, 9.17) is 38.5 Å². The molecule has 308 valence electrons. The van der Waals surface area contributed by atoms with E-state index in [9.17, 15) is 9.59 Å². The van der Waals surface area contributed by atoms with Gasteiger partial charge in [-0.1, -0.05) is 0 Å². The van der Waals surface area contributed by atoms with Crippen LogP contribution in [-0.2, 0) is 40.3 Å². The third-order valence-electron chi connectivity index (χ3n) is 12.8. The van der Waals surface area contributed by atoms with Crippen LogP contribution in [0.15, 0.2) is 63.9 Å². The van der Waals surface area contributed by atoms with Crippen molar-refractivity contribution in [3.63, 3.8) is 0 Å². The number of anilines is 1. The molecule has 3 unspecified atom stereocenters. The summed E-state index contributed by atoms with van der Waals surface area (Å²) < 4.78 is 32.4. The monoisotopic (exact) mass is 811 g/mol. The van der Waals surface area contributed by atoms with Crippen LogP contribution >= 0.6 is 11.8 Å². The van der Waals surface area contributed by atoms with Crippen molar-refractivity contribution in [3.05, 3.63) is 87.2 Å². The van der Waals surface area contributed by atoms with Gasteiger partial charge in [0.15, 0.2) is 0 Å². The number of aryl methyl sites for hydroxylation is 1. The van der Waals surface area contributed by atoms with Crippen molar-refractivity contribution in [3.8, 4) is 0 Å². The number of thioether (sulfide) groups is 1. The summed E-state index contributed by atoms with van der Waals surface area (Å²) in [7, 11) is -0.668. The zero-order chi connectivity index (χ0) is 41.0. The van der Waals surface area contributed by atoms with E-state index in [0.29, 0.717) is 47.0 Å². The summed E-state index contributed by atoms with van der Waals surface area (Å²) in [5.74, 6) is 0.513. The molecule has 1 amide bonds. The van der Waals surface area contributed by atoms with E-state index in [1.54, 1.807) is 12.4 Å². The van der Waals surface area contributed by atoms with Crippen LogP contribution < -0.4 is 26.6 Å². The number of ether oxygens (including phenoxy) is 3. The first-order valence-electron chi connectivity index (χ1n) is 20.2. The van der Waals surface area contributed by atoms with Gasteiger partial charge in [-0.3, -0.25) is 9.59 Å². The lowest BCUT2D eigenvalue weighted by molar-refractivity contribution is -0.196. The van der Waals surface area contributed by atoms with Crippen LogP contribution in [0.3, 0.4) is 0 Å². The SMILES string of the molecule is CSc1cc(C)[nH]c(=O)c1CNC(=O)C1=CC(c2ccc(N3CCOCC3)nc2)=C2OC(C)(C3CCNCC3)OC2C1(C)c1ncc(B2OC(C)(C)C(C)(C)O2)cn1. The normalized spacial score (nSPS) is 27.0. The Morgan fingerprint density at radius 3 is 2.33 bits per heavy atom. The number of fused-ring (bicyclic) bond motifs is 1. The van der Waals surface area contributed by atoms with E-state index in [-0.39, 0.29) is 23.9 Å². The van der Waals surface area contributed by atoms with Crippen LogP contribution in [0.5, 0.6) is 0 Å². The Morgan fingerprint density at radius 2 is 1.69 bits per heavy atom. The van der Waals surface area contributed by atoms with E-state index < -0.39 is 35.6 Å². The number of H-pyrrole nitrogens is 1. The molecule has 16 heteroatoms. The van der Waals surface area contributed by atoms with Crippen LogP contribution in [0, 0.1) is 12.8 Å². The third kappa shape index (κ3) is 7.29. The summed E-state index contributed by atoms with van der Waals surface area (Å²) in [6.07, 6.45) is 9.95. The van der Waals surface area contributed by atoms with Gasteiger partial charge in [0.2, 0.25) is 11.7 Å². The van der Waals surface area contributed by atoms with Crippen LogP contribution in [0.4, 0.5) is 5.82 Å². The minimum absolute atomic E-state index is 0.0102. The Kier molecular flexibility index (Phi) is 10.9. The first kappa shape index (κ1) is 40.7. The highest BCUT2D eigenvalue weighted by atomic mass is 32.2. The lowest BCUT2D eigenvalue weighted by atomic mass is 9.69. The molecule has 0 saturated carbocycles. The number of hydrogen-bond acceptors (Lipinski definition) is 13. The molecule has 1 aliphatic carbocycles. The molecule has 0 bridgehead atoms. The zero-order valence-electron chi connectivity index (χ0n) is 34.7. The maximum atomic E-state index is 14.9. The average molecular weight is 812 g/mol. The predicted octanol–water partition coefficient (Wildman–Crippen LogP) is 3.78. The van der Waals surface area contributed by atoms with Crippen molar-refractivity contribution >= 4 is 41.6 Å². The van der Waals surface area contributed by atoms with Crippen LogP contribution in [-0.4, -0.2) is 102 Å². The second-order valence-electron chi connectivity index (χ2n) is 17.1. The maximum absolute atomic E-state index is 14.9. The minimum Gasteiger partial charge on any atom is -0.463 e. The molecule has 3 aromatic rings. The average Bonchev–Trinajstić information content (AvgIpc) is 3.70. The number of rotatable bonds is 9. The molecular formula is C42H54BN7O7S. The molecule has 3 atom stereocenters. The number of nitrogens with one attached hydrogen (secondary N) is 3. The van der Waals surface area contributed by atoms with E-state index in [1.807, 2.05) is 85.2 Å². The summed E-state index contributed by atoms with van der Waals surface area (Å²) >= 11 is 1.46. The van der Waals surface area contributed by atoms with E-state index >= 15 is 0 Å². The number of allylic oxidation sites excluding steroid dienone is 2. The molecule has 58 heavy (non-hydrogen) atoms. The van der Waals surface area contributed by atoms with E-state index in [0.717, 1.165) is 61.0 Å². The molecule has 0 radical (unpaired) electrons. The van der Waals surface area contributed by atoms with Gasteiger partial charge in [0.05, 0.1) is 29.8 Å². The molecule has 0 spiro atoms. The Labute approximate surface area is 344 Å². The first-order chi connectivity index (χ1) is 27.6. The molecule has 14 nitrogen and oxygen atoms in total. The number of morpholine rings is 1. The molecule has 4 saturated heterocycles. The highest BCUT2D eigenvalue weighted by Gasteiger charge is 2.60. The van der Waals surface area contributed by atoms with Crippen LogP contribution in [0.25, 0.3) is 5.57 Å². The van der Waals surface area contributed by atoms with Crippen molar-refractivity contribution < 1.29 is 28.3 Å². The molecule has 4 fully saturated rings. The second kappa shape index (κ2) is 15.5. The summed E-state index contributed by atoms with van der Waals surface area (Å²) in [6, 6.07) is 5.93. The molecule has 0 aromatic carbocycles. The number of amides is 1. The van der Waals surface area contributed by atoms with Gasteiger partial charge in [-0.25, -0.2) is 15.0 Å². The van der Waals surface area contributed by atoms with Crippen molar-refractivity contribution in [2.75, 3.05) is 50.5 Å². The molecule has 5 aliphatic rings. The number of nitrogens with zero attached hydrogens (tertiary/aromatic N) is 4. The van der Waals surface area contributed by atoms with Crippen molar-refractivity contribution in [2.24, 2.45) is 5.92 Å². The number of carbonyl (C=O) groups is 1. The predicted molar refractivity (Wildman–Crippen MR) is 223 cm³/mol. The van der Waals surface area contributed by atoms with Gasteiger partial charge in [0.25, 0.3) is 5.56 Å². The summed E-state index contributed by atoms with van der Waals surface area (Å²) in [6.45, 7) is 18.3. The molecule has 4 aliphatic heterocycles. The number of hydrogen-bond donors (Lipinski definition) is 3. The topological polar surface area (TPSA) is 162 Å².